The van der Waals surface area contributed by atoms with E-state index in [1.807, 2.05) is 18.2 Å². The molecule has 0 aliphatic carbocycles. The van der Waals surface area contributed by atoms with Crippen LogP contribution in [0.25, 0.3) is 11.5 Å². The normalized spacial score (nSPS) is 10.6. The molecule has 1 aromatic heterocycles. The molecular formula is C9H7Br2N3O. The first kappa shape index (κ1) is 10.8. The van der Waals surface area contributed by atoms with E-state index in [-0.39, 0.29) is 6.54 Å². The summed E-state index contributed by atoms with van der Waals surface area (Å²) in [6, 6.07) is 5.74. The van der Waals surface area contributed by atoms with Gasteiger partial charge < -0.3 is 10.3 Å². The second kappa shape index (κ2) is 4.42. The maximum Gasteiger partial charge on any atom is 0.258 e. The van der Waals surface area contributed by atoms with Crippen molar-refractivity contribution in [3.8, 4) is 11.5 Å². The van der Waals surface area contributed by atoms with Crippen LogP contribution in [-0.4, -0.2) is 10.1 Å². The Bertz CT molecular complexity index is 464. The van der Waals surface area contributed by atoms with Crippen molar-refractivity contribution in [3.63, 3.8) is 0 Å². The van der Waals surface area contributed by atoms with E-state index in [1.54, 1.807) is 0 Å². The summed E-state index contributed by atoms with van der Waals surface area (Å²) in [6.45, 7) is 0.276. The van der Waals surface area contributed by atoms with E-state index in [0.717, 1.165) is 14.5 Å². The van der Waals surface area contributed by atoms with Gasteiger partial charge in [0, 0.05) is 14.5 Å². The van der Waals surface area contributed by atoms with Crippen molar-refractivity contribution in [3.05, 3.63) is 33.0 Å². The Kier molecular flexibility index (Phi) is 3.18. The van der Waals surface area contributed by atoms with Crippen molar-refractivity contribution < 1.29 is 4.52 Å². The van der Waals surface area contributed by atoms with E-state index in [0.29, 0.717) is 11.7 Å². The molecule has 0 unspecified atom stereocenters. The Hall–Kier alpha value is -0.720. The van der Waals surface area contributed by atoms with Gasteiger partial charge in [0.2, 0.25) is 0 Å². The Balaban J connectivity index is 2.44. The van der Waals surface area contributed by atoms with Gasteiger partial charge in [-0.15, -0.1) is 0 Å². The fraction of sp³-hybridized carbons (Fsp3) is 0.111. The van der Waals surface area contributed by atoms with Gasteiger partial charge in [-0.1, -0.05) is 37.0 Å². The summed E-state index contributed by atoms with van der Waals surface area (Å²) in [5.74, 6) is 0.971. The van der Waals surface area contributed by atoms with Crippen LogP contribution in [0.1, 0.15) is 5.82 Å². The van der Waals surface area contributed by atoms with Gasteiger partial charge in [0.1, 0.15) is 0 Å². The average molecular weight is 333 g/mol. The summed E-state index contributed by atoms with van der Waals surface area (Å²) in [6.07, 6.45) is 0. The number of hydrogen-bond acceptors (Lipinski definition) is 4. The quantitative estimate of drug-likeness (QED) is 0.918. The SMILES string of the molecule is NCc1noc(-c2cc(Br)cc(Br)c2)n1. The minimum atomic E-state index is 0.276. The fourth-order valence-electron chi connectivity index (χ4n) is 1.13. The van der Waals surface area contributed by atoms with Crippen LogP contribution in [0.2, 0.25) is 0 Å². The van der Waals surface area contributed by atoms with Crippen LogP contribution in [0, 0.1) is 0 Å². The molecule has 2 N–H and O–H groups in total. The molecule has 4 nitrogen and oxygen atoms in total. The maximum atomic E-state index is 5.40. The van der Waals surface area contributed by atoms with E-state index in [9.17, 15) is 0 Å². The predicted molar refractivity (Wildman–Crippen MR) is 63.0 cm³/mol. The number of nitrogens with two attached hydrogens (primary N) is 1. The monoisotopic (exact) mass is 331 g/mol. The Labute approximate surface area is 103 Å². The first-order valence-electron chi connectivity index (χ1n) is 4.18. The minimum absolute atomic E-state index is 0.276. The predicted octanol–water partition coefficient (Wildman–Crippen LogP) is 2.72. The van der Waals surface area contributed by atoms with Gasteiger partial charge in [0.05, 0.1) is 6.54 Å². The largest absolute Gasteiger partial charge is 0.334 e. The molecule has 1 aromatic carbocycles. The lowest BCUT2D eigenvalue weighted by Gasteiger charge is -1.97. The first-order valence-corrected chi connectivity index (χ1v) is 5.77. The molecule has 0 saturated carbocycles. The highest BCUT2D eigenvalue weighted by molar-refractivity contribution is 9.11. The average Bonchev–Trinajstić information content (AvgIpc) is 2.64. The molecular weight excluding hydrogens is 326 g/mol. The highest BCUT2D eigenvalue weighted by Gasteiger charge is 2.08. The molecule has 0 fully saturated rings. The highest BCUT2D eigenvalue weighted by atomic mass is 79.9. The summed E-state index contributed by atoms with van der Waals surface area (Å²) in [7, 11) is 0. The topological polar surface area (TPSA) is 64.9 Å². The van der Waals surface area contributed by atoms with Crippen LogP contribution in [-0.2, 0) is 6.54 Å². The molecule has 78 valence electrons. The van der Waals surface area contributed by atoms with E-state index in [1.165, 1.54) is 0 Å². The van der Waals surface area contributed by atoms with Crippen LogP contribution >= 0.6 is 31.9 Å². The third-order valence-electron chi connectivity index (χ3n) is 1.76. The van der Waals surface area contributed by atoms with Gasteiger partial charge in [-0.3, -0.25) is 0 Å². The van der Waals surface area contributed by atoms with E-state index < -0.39 is 0 Å². The lowest BCUT2D eigenvalue weighted by atomic mass is 10.2. The molecule has 0 spiro atoms. The molecule has 0 amide bonds. The smallest absolute Gasteiger partial charge is 0.258 e. The first-order chi connectivity index (χ1) is 7.19. The van der Waals surface area contributed by atoms with Gasteiger partial charge in [-0.25, -0.2) is 0 Å². The summed E-state index contributed by atoms with van der Waals surface area (Å²) in [5.41, 5.74) is 6.25. The summed E-state index contributed by atoms with van der Waals surface area (Å²) in [5, 5.41) is 3.73. The van der Waals surface area contributed by atoms with Crippen molar-refractivity contribution in [1.82, 2.24) is 10.1 Å². The van der Waals surface area contributed by atoms with Crippen LogP contribution in [0.4, 0.5) is 0 Å². The molecule has 2 aromatic rings. The molecule has 0 saturated heterocycles. The molecule has 0 bridgehead atoms. The maximum absolute atomic E-state index is 5.40. The fourth-order valence-corrected chi connectivity index (χ4v) is 2.43. The third kappa shape index (κ3) is 2.45. The number of halogens is 2. The van der Waals surface area contributed by atoms with E-state index >= 15 is 0 Å². The molecule has 6 heteroatoms. The molecule has 2 rings (SSSR count). The van der Waals surface area contributed by atoms with Gasteiger partial charge in [-0.05, 0) is 18.2 Å². The molecule has 15 heavy (non-hydrogen) atoms. The lowest BCUT2D eigenvalue weighted by Crippen LogP contribution is -1.97. The van der Waals surface area contributed by atoms with Crippen LogP contribution in [0.15, 0.2) is 31.7 Å². The van der Waals surface area contributed by atoms with Crippen molar-refractivity contribution in [1.29, 1.82) is 0 Å². The molecule has 0 aliphatic heterocycles. The van der Waals surface area contributed by atoms with Gasteiger partial charge in [0.25, 0.3) is 5.89 Å². The zero-order chi connectivity index (χ0) is 10.8. The molecule has 0 atom stereocenters. The highest BCUT2D eigenvalue weighted by Crippen LogP contribution is 2.26. The van der Waals surface area contributed by atoms with E-state index in [2.05, 4.69) is 42.0 Å². The Morgan fingerprint density at radius 2 is 1.87 bits per heavy atom. The summed E-state index contributed by atoms with van der Waals surface area (Å²) >= 11 is 6.78. The molecule has 0 radical (unpaired) electrons. The second-order valence-corrected chi connectivity index (χ2v) is 4.71. The van der Waals surface area contributed by atoms with Gasteiger partial charge in [0.15, 0.2) is 5.82 Å². The number of aromatic nitrogens is 2. The zero-order valence-corrected chi connectivity index (χ0v) is 10.7. The van der Waals surface area contributed by atoms with Crippen LogP contribution in [0.3, 0.4) is 0 Å². The van der Waals surface area contributed by atoms with Gasteiger partial charge >= 0.3 is 0 Å². The number of hydrogen-bond donors (Lipinski definition) is 1. The van der Waals surface area contributed by atoms with E-state index in [4.69, 9.17) is 10.3 Å². The summed E-state index contributed by atoms with van der Waals surface area (Å²) < 4.78 is 6.96. The standard InChI is InChI=1S/C9H7Br2N3O/c10-6-1-5(2-7(11)3-6)9-13-8(4-12)14-15-9/h1-3H,4,12H2. The minimum Gasteiger partial charge on any atom is -0.334 e. The summed E-state index contributed by atoms with van der Waals surface area (Å²) in [4.78, 5) is 4.14. The zero-order valence-electron chi connectivity index (χ0n) is 7.58. The van der Waals surface area contributed by atoms with Crippen molar-refractivity contribution in [2.45, 2.75) is 6.54 Å². The molecule has 1 heterocycles. The van der Waals surface area contributed by atoms with Crippen molar-refractivity contribution in [2.75, 3.05) is 0 Å². The van der Waals surface area contributed by atoms with Crippen LogP contribution < -0.4 is 5.73 Å². The number of nitrogens with zero attached hydrogens (tertiary/aromatic N) is 2. The van der Waals surface area contributed by atoms with Crippen LogP contribution in [0.5, 0.6) is 0 Å². The number of rotatable bonds is 2. The third-order valence-corrected chi connectivity index (χ3v) is 2.68. The number of benzene rings is 1. The Morgan fingerprint density at radius 1 is 1.20 bits per heavy atom. The van der Waals surface area contributed by atoms with Crippen molar-refractivity contribution in [2.24, 2.45) is 5.73 Å². The van der Waals surface area contributed by atoms with Crippen molar-refractivity contribution >= 4 is 31.9 Å². The van der Waals surface area contributed by atoms with Gasteiger partial charge in [-0.2, -0.15) is 4.98 Å². The second-order valence-electron chi connectivity index (χ2n) is 2.88. The Morgan fingerprint density at radius 3 is 2.40 bits per heavy atom. The lowest BCUT2D eigenvalue weighted by molar-refractivity contribution is 0.423. The molecule has 0 aliphatic rings.